The summed E-state index contributed by atoms with van der Waals surface area (Å²) in [5.41, 5.74) is 2.05. The van der Waals surface area contributed by atoms with Gasteiger partial charge in [0.15, 0.2) is 0 Å². The maximum atomic E-state index is 12.7. The fourth-order valence-electron chi connectivity index (χ4n) is 3.42. The van der Waals surface area contributed by atoms with E-state index in [0.29, 0.717) is 6.54 Å². The van der Waals surface area contributed by atoms with Crippen LogP contribution >= 0.6 is 0 Å². The second-order valence-corrected chi connectivity index (χ2v) is 6.74. The maximum Gasteiger partial charge on any atom is 0.234 e. The van der Waals surface area contributed by atoms with Crippen molar-refractivity contribution in [3.8, 4) is 5.75 Å². The summed E-state index contributed by atoms with van der Waals surface area (Å²) in [7, 11) is 1.65. The molecule has 1 aromatic carbocycles. The number of hydrogen-bond acceptors (Lipinski definition) is 4. The van der Waals surface area contributed by atoms with Crippen molar-refractivity contribution in [3.05, 3.63) is 59.9 Å². The van der Waals surface area contributed by atoms with Crippen LogP contribution < -0.4 is 10.1 Å². The van der Waals surface area contributed by atoms with Gasteiger partial charge in [-0.05, 0) is 61.3 Å². The molecule has 1 fully saturated rings. The first-order chi connectivity index (χ1) is 12.8. The summed E-state index contributed by atoms with van der Waals surface area (Å²) in [5, 5.41) is 3.21. The number of aromatic nitrogens is 1. The van der Waals surface area contributed by atoms with Gasteiger partial charge in [-0.25, -0.2) is 0 Å². The van der Waals surface area contributed by atoms with E-state index in [9.17, 15) is 4.79 Å². The van der Waals surface area contributed by atoms with E-state index in [1.807, 2.05) is 36.4 Å². The summed E-state index contributed by atoms with van der Waals surface area (Å²) >= 11 is 0. The molecule has 1 aliphatic rings. The Morgan fingerprint density at radius 2 is 1.65 bits per heavy atom. The van der Waals surface area contributed by atoms with Gasteiger partial charge in [0.1, 0.15) is 5.75 Å². The van der Waals surface area contributed by atoms with Gasteiger partial charge in [0, 0.05) is 12.4 Å². The molecule has 3 rings (SSSR count). The Labute approximate surface area is 155 Å². The van der Waals surface area contributed by atoms with Crippen LogP contribution in [0.25, 0.3) is 0 Å². The van der Waals surface area contributed by atoms with E-state index in [0.717, 1.165) is 30.0 Å². The van der Waals surface area contributed by atoms with Crippen molar-refractivity contribution in [1.82, 2.24) is 15.2 Å². The summed E-state index contributed by atoms with van der Waals surface area (Å²) in [6.45, 7) is 2.48. The van der Waals surface area contributed by atoms with Gasteiger partial charge in [-0.1, -0.05) is 25.0 Å². The molecule has 1 unspecified atom stereocenters. The molecule has 1 amide bonds. The number of amides is 1. The van der Waals surface area contributed by atoms with Crippen LogP contribution in [0.2, 0.25) is 0 Å². The molecule has 5 nitrogen and oxygen atoms in total. The molecule has 5 heteroatoms. The first kappa shape index (κ1) is 18.4. The number of rotatable bonds is 6. The zero-order chi connectivity index (χ0) is 18.2. The summed E-state index contributed by atoms with van der Waals surface area (Å²) in [6.07, 6.45) is 8.41. The first-order valence-electron chi connectivity index (χ1n) is 9.32. The highest BCUT2D eigenvalue weighted by molar-refractivity contribution is 5.79. The lowest BCUT2D eigenvalue weighted by Gasteiger charge is -2.23. The Balaban J connectivity index is 1.73. The molecule has 1 atom stereocenters. The number of pyridine rings is 1. The third-order valence-electron chi connectivity index (χ3n) is 4.86. The number of carbonyl (C=O) groups excluding carboxylic acids is 1. The number of methoxy groups -OCH3 is 1. The summed E-state index contributed by atoms with van der Waals surface area (Å²) in [4.78, 5) is 19.1. The highest BCUT2D eigenvalue weighted by Crippen LogP contribution is 2.24. The van der Waals surface area contributed by atoms with Gasteiger partial charge in [0.05, 0.1) is 19.7 Å². The minimum Gasteiger partial charge on any atom is -0.497 e. The van der Waals surface area contributed by atoms with Crippen molar-refractivity contribution in [3.63, 3.8) is 0 Å². The molecule has 138 valence electrons. The lowest BCUT2D eigenvalue weighted by Crippen LogP contribution is -2.39. The molecule has 1 aromatic heterocycles. The van der Waals surface area contributed by atoms with Gasteiger partial charge in [0.25, 0.3) is 0 Å². The predicted octanol–water partition coefficient (Wildman–Crippen LogP) is 3.17. The predicted molar refractivity (Wildman–Crippen MR) is 102 cm³/mol. The average molecular weight is 353 g/mol. The van der Waals surface area contributed by atoms with Crippen molar-refractivity contribution in [2.45, 2.75) is 31.7 Å². The molecule has 1 aliphatic heterocycles. The number of ether oxygens (including phenoxy) is 1. The standard InChI is InChI=1S/C21H27N3O2/c1-26-19-8-6-17(7-9-19)21(18-10-12-22-13-11-18)23-20(25)16-24-14-4-2-3-5-15-24/h6-13,21H,2-5,14-16H2,1H3,(H,23,25). The van der Waals surface area contributed by atoms with Crippen LogP contribution in [-0.2, 0) is 4.79 Å². The van der Waals surface area contributed by atoms with E-state index < -0.39 is 0 Å². The van der Waals surface area contributed by atoms with Crippen LogP contribution in [0.15, 0.2) is 48.8 Å². The molecule has 2 heterocycles. The smallest absolute Gasteiger partial charge is 0.234 e. The van der Waals surface area contributed by atoms with Crippen molar-refractivity contribution in [1.29, 1.82) is 0 Å². The highest BCUT2D eigenvalue weighted by atomic mass is 16.5. The topological polar surface area (TPSA) is 54.5 Å². The van der Waals surface area contributed by atoms with Crippen LogP contribution in [-0.4, -0.2) is 42.5 Å². The number of carbonyl (C=O) groups is 1. The molecule has 0 bridgehead atoms. The van der Waals surface area contributed by atoms with Gasteiger partial charge in [-0.15, -0.1) is 0 Å². The fraction of sp³-hybridized carbons (Fsp3) is 0.429. The minimum atomic E-state index is -0.191. The van der Waals surface area contributed by atoms with Crippen molar-refractivity contribution in [2.75, 3.05) is 26.7 Å². The maximum absolute atomic E-state index is 12.7. The number of nitrogens with one attached hydrogen (secondary N) is 1. The van der Waals surface area contributed by atoms with Crippen LogP contribution in [0.1, 0.15) is 42.9 Å². The average Bonchev–Trinajstić information content (AvgIpc) is 2.95. The molecule has 1 N–H and O–H groups in total. The van der Waals surface area contributed by atoms with Crippen molar-refractivity contribution < 1.29 is 9.53 Å². The molecule has 1 saturated heterocycles. The molecule has 26 heavy (non-hydrogen) atoms. The molecule has 2 aromatic rings. The molecule has 0 aliphatic carbocycles. The Hall–Kier alpha value is -2.40. The molecule has 0 radical (unpaired) electrons. The summed E-state index contributed by atoms with van der Waals surface area (Å²) in [5.74, 6) is 0.864. The highest BCUT2D eigenvalue weighted by Gasteiger charge is 2.19. The lowest BCUT2D eigenvalue weighted by molar-refractivity contribution is -0.122. The van der Waals surface area contributed by atoms with E-state index in [2.05, 4.69) is 15.2 Å². The minimum absolute atomic E-state index is 0.0598. The van der Waals surface area contributed by atoms with Crippen LogP contribution in [0, 0.1) is 0 Å². The van der Waals surface area contributed by atoms with Gasteiger partial charge >= 0.3 is 0 Å². The second kappa shape index (κ2) is 9.34. The SMILES string of the molecule is COc1ccc(C(NC(=O)CN2CCCCCC2)c2ccncc2)cc1. The Bertz CT molecular complexity index is 680. The van der Waals surface area contributed by atoms with Gasteiger partial charge in [-0.2, -0.15) is 0 Å². The van der Waals surface area contributed by atoms with E-state index in [1.165, 1.54) is 25.7 Å². The monoisotopic (exact) mass is 353 g/mol. The van der Waals surface area contributed by atoms with Crippen LogP contribution in [0.3, 0.4) is 0 Å². The first-order valence-corrected chi connectivity index (χ1v) is 9.32. The molecule has 0 saturated carbocycles. The number of likely N-dealkylation sites (tertiary alicyclic amines) is 1. The van der Waals surface area contributed by atoms with Gasteiger partial charge < -0.3 is 10.1 Å². The van der Waals surface area contributed by atoms with Crippen molar-refractivity contribution in [2.24, 2.45) is 0 Å². The van der Waals surface area contributed by atoms with Crippen molar-refractivity contribution >= 4 is 5.91 Å². The van der Waals surface area contributed by atoms with E-state index in [1.54, 1.807) is 19.5 Å². The van der Waals surface area contributed by atoms with E-state index in [-0.39, 0.29) is 11.9 Å². The number of benzene rings is 1. The summed E-state index contributed by atoms with van der Waals surface area (Å²) < 4.78 is 5.24. The van der Waals surface area contributed by atoms with Crippen LogP contribution in [0.5, 0.6) is 5.75 Å². The molecular weight excluding hydrogens is 326 g/mol. The zero-order valence-electron chi connectivity index (χ0n) is 15.4. The largest absolute Gasteiger partial charge is 0.497 e. The third-order valence-corrected chi connectivity index (χ3v) is 4.86. The zero-order valence-corrected chi connectivity index (χ0v) is 15.4. The third kappa shape index (κ3) is 5.05. The van der Waals surface area contributed by atoms with Gasteiger partial charge in [0.2, 0.25) is 5.91 Å². The quantitative estimate of drug-likeness (QED) is 0.867. The fourth-order valence-corrected chi connectivity index (χ4v) is 3.42. The number of hydrogen-bond donors (Lipinski definition) is 1. The molecular formula is C21H27N3O2. The Morgan fingerprint density at radius 3 is 2.27 bits per heavy atom. The van der Waals surface area contributed by atoms with E-state index >= 15 is 0 Å². The lowest BCUT2D eigenvalue weighted by atomic mass is 9.99. The normalized spacial score (nSPS) is 16.5. The Kier molecular flexibility index (Phi) is 6.61. The van der Waals surface area contributed by atoms with E-state index in [4.69, 9.17) is 4.74 Å². The summed E-state index contributed by atoms with van der Waals surface area (Å²) in [6, 6.07) is 11.5. The Morgan fingerprint density at radius 1 is 1.04 bits per heavy atom. The molecule has 0 spiro atoms. The van der Waals surface area contributed by atoms with Gasteiger partial charge in [-0.3, -0.25) is 14.7 Å². The number of nitrogens with zero attached hydrogens (tertiary/aromatic N) is 2. The second-order valence-electron chi connectivity index (χ2n) is 6.74. The van der Waals surface area contributed by atoms with Crippen LogP contribution in [0.4, 0.5) is 0 Å².